The quantitative estimate of drug-likeness (QED) is 0.326. The summed E-state index contributed by atoms with van der Waals surface area (Å²) in [5.41, 5.74) is 3.96. The van der Waals surface area contributed by atoms with Crippen molar-refractivity contribution in [3.63, 3.8) is 0 Å². The van der Waals surface area contributed by atoms with Crippen LogP contribution in [-0.2, 0) is 29.0 Å². The number of allylic oxidation sites excluding steroid dienone is 2. The van der Waals surface area contributed by atoms with Gasteiger partial charge < -0.3 is 35.8 Å². The molecule has 0 radical (unpaired) electrons. The highest BCUT2D eigenvalue weighted by Gasteiger charge is 2.59. The van der Waals surface area contributed by atoms with Crippen molar-refractivity contribution in [2.45, 2.75) is 37.8 Å². The number of rotatable bonds is 7. The maximum absolute atomic E-state index is 13.7. The summed E-state index contributed by atoms with van der Waals surface area (Å²) in [4.78, 5) is 40.7. The van der Waals surface area contributed by atoms with Crippen LogP contribution in [0.25, 0.3) is 0 Å². The highest BCUT2D eigenvalue weighted by Crippen LogP contribution is 2.52. The minimum Gasteiger partial charge on any atom is -0.511 e. The molecule has 2 aromatic carbocycles. The van der Waals surface area contributed by atoms with Crippen molar-refractivity contribution in [1.29, 1.82) is 0 Å². The molecule has 10 nitrogen and oxygen atoms in total. The van der Waals surface area contributed by atoms with Crippen LogP contribution < -0.4 is 10.5 Å². The average molecular weight is 549 g/mol. The molecule has 0 heterocycles. The number of amides is 1. The molecule has 10 heteroatoms. The van der Waals surface area contributed by atoms with Gasteiger partial charge in [0.1, 0.15) is 28.6 Å². The van der Waals surface area contributed by atoms with Crippen LogP contribution in [0.4, 0.5) is 0 Å². The van der Waals surface area contributed by atoms with Crippen molar-refractivity contribution < 1.29 is 39.5 Å². The number of aliphatic hydroxyl groups is 3. The minimum atomic E-state index is -2.59. The van der Waals surface area contributed by atoms with E-state index in [4.69, 9.17) is 10.5 Å². The number of carbonyl (C=O) groups excluding carboxylic acids is 3. The number of ketones is 2. The third-order valence-electron chi connectivity index (χ3n) is 8.36. The number of ether oxygens (including phenoxy) is 1. The van der Waals surface area contributed by atoms with E-state index < -0.39 is 52.0 Å². The van der Waals surface area contributed by atoms with E-state index in [-0.39, 0.29) is 36.1 Å². The number of primary amides is 1. The predicted molar refractivity (Wildman–Crippen MR) is 144 cm³/mol. The fourth-order valence-electron chi connectivity index (χ4n) is 6.44. The molecule has 2 aromatic rings. The second kappa shape index (κ2) is 10.1. The van der Waals surface area contributed by atoms with E-state index in [0.717, 1.165) is 13.0 Å². The topological polar surface area (TPSA) is 171 Å². The molecule has 3 aliphatic carbocycles. The van der Waals surface area contributed by atoms with Crippen molar-refractivity contribution in [3.05, 3.63) is 81.3 Å². The molecule has 210 valence electrons. The first-order valence-electron chi connectivity index (χ1n) is 13.1. The summed E-state index contributed by atoms with van der Waals surface area (Å²) in [6.07, 6.45) is 0.803. The number of Topliss-reactive ketones (excluding diaryl/α,β-unsaturated/α-hetero) is 2. The standard InChI is InChI=1S/C30H32N2O8/c1-32(9-8-15-6-4-3-5-7-15)14-17-12-20(33)23-19(26(17)40-2)11-16-10-18-13-21(34)24(29(31)38)28(37)30(18,39)27(36)22(16)25(23)35/h3-7,12,16,18,33-34,36,39H,8-11,13-14H2,1-2H3,(H2,31,38)/t16?,18-,30-/m0/s1. The Balaban J connectivity index is 1.50. The number of likely N-dealkylation sites (N-methyl/N-ethyl adjacent to an activating group) is 1. The summed E-state index contributed by atoms with van der Waals surface area (Å²) in [5, 5.41) is 43.9. The Hall–Kier alpha value is -4.15. The van der Waals surface area contributed by atoms with Gasteiger partial charge in [0.25, 0.3) is 5.91 Å². The van der Waals surface area contributed by atoms with Gasteiger partial charge in [-0.3, -0.25) is 14.4 Å². The van der Waals surface area contributed by atoms with Crippen molar-refractivity contribution in [1.82, 2.24) is 4.90 Å². The second-order valence-corrected chi connectivity index (χ2v) is 10.8. The van der Waals surface area contributed by atoms with Crippen LogP contribution >= 0.6 is 0 Å². The molecule has 0 saturated heterocycles. The lowest BCUT2D eigenvalue weighted by molar-refractivity contribution is -0.144. The Kier molecular flexibility index (Phi) is 6.93. The van der Waals surface area contributed by atoms with E-state index in [1.54, 1.807) is 0 Å². The third kappa shape index (κ3) is 4.24. The molecule has 0 fully saturated rings. The summed E-state index contributed by atoms with van der Waals surface area (Å²) in [6, 6.07) is 11.5. The number of fused-ring (bicyclic) bond motifs is 3. The number of aliphatic hydroxyl groups excluding tert-OH is 2. The van der Waals surface area contributed by atoms with E-state index in [2.05, 4.69) is 17.0 Å². The number of nitrogens with zero attached hydrogens (tertiary/aromatic N) is 1. The van der Waals surface area contributed by atoms with Gasteiger partial charge in [0.05, 0.1) is 12.7 Å². The number of nitrogens with two attached hydrogens (primary N) is 1. The Morgan fingerprint density at radius 1 is 1.15 bits per heavy atom. The van der Waals surface area contributed by atoms with Crippen molar-refractivity contribution in [2.75, 3.05) is 20.7 Å². The molecule has 40 heavy (non-hydrogen) atoms. The smallest absolute Gasteiger partial charge is 0.255 e. The monoisotopic (exact) mass is 548 g/mol. The average Bonchev–Trinajstić information content (AvgIpc) is 2.90. The maximum atomic E-state index is 13.7. The van der Waals surface area contributed by atoms with Gasteiger partial charge in [-0.15, -0.1) is 0 Å². The van der Waals surface area contributed by atoms with E-state index in [1.807, 2.05) is 25.2 Å². The molecule has 0 bridgehead atoms. The molecule has 3 aliphatic rings. The van der Waals surface area contributed by atoms with Crippen LogP contribution in [-0.4, -0.2) is 69.1 Å². The number of benzene rings is 2. The number of phenols is 1. The normalized spacial score (nSPS) is 24.1. The van der Waals surface area contributed by atoms with E-state index in [0.29, 0.717) is 23.4 Å². The molecule has 0 aromatic heterocycles. The second-order valence-electron chi connectivity index (χ2n) is 10.8. The van der Waals surface area contributed by atoms with Crippen LogP contribution in [0.2, 0.25) is 0 Å². The number of hydrogen-bond acceptors (Lipinski definition) is 9. The predicted octanol–water partition coefficient (Wildman–Crippen LogP) is 2.26. The summed E-state index contributed by atoms with van der Waals surface area (Å²) in [7, 11) is 3.44. The van der Waals surface area contributed by atoms with Gasteiger partial charge >= 0.3 is 0 Å². The maximum Gasteiger partial charge on any atom is 0.255 e. The lowest BCUT2D eigenvalue weighted by Crippen LogP contribution is -2.57. The van der Waals surface area contributed by atoms with Gasteiger partial charge in [-0.1, -0.05) is 30.3 Å². The number of phenolic OH excluding ortho intramolecular Hbond substituents is 1. The van der Waals surface area contributed by atoms with Gasteiger partial charge in [-0.05, 0) is 43.9 Å². The summed E-state index contributed by atoms with van der Waals surface area (Å²) in [5.74, 6) is -6.10. The van der Waals surface area contributed by atoms with E-state index >= 15 is 0 Å². The summed E-state index contributed by atoms with van der Waals surface area (Å²) in [6.45, 7) is 1.18. The van der Waals surface area contributed by atoms with Gasteiger partial charge in [0.15, 0.2) is 11.4 Å². The lowest BCUT2D eigenvalue weighted by atomic mass is 9.60. The third-order valence-corrected chi connectivity index (χ3v) is 8.36. The number of carbonyl (C=O) groups is 3. The number of aromatic hydroxyl groups is 1. The molecule has 6 N–H and O–H groups in total. The first-order valence-corrected chi connectivity index (χ1v) is 13.1. The number of hydrogen-bond donors (Lipinski definition) is 5. The summed E-state index contributed by atoms with van der Waals surface area (Å²) >= 11 is 0. The van der Waals surface area contributed by atoms with Crippen LogP contribution in [0.1, 0.15) is 39.9 Å². The van der Waals surface area contributed by atoms with Crippen molar-refractivity contribution in [3.8, 4) is 11.5 Å². The molecule has 0 aliphatic heterocycles. The molecular formula is C30H32N2O8. The molecule has 0 spiro atoms. The summed E-state index contributed by atoms with van der Waals surface area (Å²) < 4.78 is 5.75. The molecule has 0 saturated carbocycles. The molecular weight excluding hydrogens is 516 g/mol. The zero-order valence-electron chi connectivity index (χ0n) is 22.3. The molecule has 1 amide bonds. The first kappa shape index (κ1) is 27.4. The Morgan fingerprint density at radius 3 is 2.50 bits per heavy atom. The van der Waals surface area contributed by atoms with Crippen LogP contribution in [0.15, 0.2) is 59.1 Å². The SMILES string of the molecule is COc1c(CN(C)CCc2ccccc2)cc(O)c2c1CC1C[C@H]3CC(O)=C(C(N)=O)C(=O)[C@@]3(O)C(O)=C1C2=O. The minimum absolute atomic E-state index is 0.0635. The molecule has 5 rings (SSSR count). The largest absolute Gasteiger partial charge is 0.511 e. The molecule has 1 unspecified atom stereocenters. The van der Waals surface area contributed by atoms with Gasteiger partial charge in [-0.25, -0.2) is 0 Å². The highest BCUT2D eigenvalue weighted by molar-refractivity contribution is 6.24. The zero-order valence-corrected chi connectivity index (χ0v) is 22.3. The molecule has 3 atom stereocenters. The van der Waals surface area contributed by atoms with Crippen LogP contribution in [0, 0.1) is 11.8 Å². The Morgan fingerprint density at radius 2 is 1.85 bits per heavy atom. The number of methoxy groups -OCH3 is 1. The van der Waals surface area contributed by atoms with E-state index in [1.165, 1.54) is 18.7 Å². The Labute approximate surface area is 231 Å². The van der Waals surface area contributed by atoms with Crippen LogP contribution in [0.5, 0.6) is 11.5 Å². The zero-order chi connectivity index (χ0) is 28.9. The van der Waals surface area contributed by atoms with Crippen molar-refractivity contribution >= 4 is 17.5 Å². The van der Waals surface area contributed by atoms with E-state index in [9.17, 15) is 34.8 Å². The van der Waals surface area contributed by atoms with Crippen molar-refractivity contribution in [2.24, 2.45) is 17.6 Å². The van der Waals surface area contributed by atoms with Crippen LogP contribution in [0.3, 0.4) is 0 Å². The van der Waals surface area contributed by atoms with Gasteiger partial charge in [-0.2, -0.15) is 0 Å². The lowest BCUT2D eigenvalue weighted by Gasteiger charge is -2.45. The first-order chi connectivity index (χ1) is 19.0. The van der Waals surface area contributed by atoms with Gasteiger partial charge in [0, 0.05) is 42.1 Å². The highest BCUT2D eigenvalue weighted by atomic mass is 16.5. The fourth-order valence-corrected chi connectivity index (χ4v) is 6.44. The Bertz CT molecular complexity index is 1480. The fraction of sp³-hybridized carbons (Fsp3) is 0.367. The van der Waals surface area contributed by atoms with Gasteiger partial charge in [0.2, 0.25) is 5.78 Å².